The highest BCUT2D eigenvalue weighted by Crippen LogP contribution is 2.42. The molecule has 0 saturated carbocycles. The van der Waals surface area contributed by atoms with Gasteiger partial charge in [0, 0.05) is 55.0 Å². The summed E-state index contributed by atoms with van der Waals surface area (Å²) < 4.78 is 20.5. The van der Waals surface area contributed by atoms with Crippen LogP contribution >= 0.6 is 23.2 Å². The van der Waals surface area contributed by atoms with Crippen LogP contribution in [0.1, 0.15) is 22.8 Å². The van der Waals surface area contributed by atoms with Gasteiger partial charge in [-0.15, -0.1) is 0 Å². The van der Waals surface area contributed by atoms with Gasteiger partial charge >= 0.3 is 0 Å². The molecular weight excluding hydrogens is 556 g/mol. The summed E-state index contributed by atoms with van der Waals surface area (Å²) in [7, 11) is 1.44. The molecule has 40 heavy (non-hydrogen) atoms. The number of halogens is 3. The van der Waals surface area contributed by atoms with Gasteiger partial charge in [-0.2, -0.15) is 0 Å². The van der Waals surface area contributed by atoms with Gasteiger partial charge in [-0.3, -0.25) is 9.59 Å². The third kappa shape index (κ3) is 6.56. The van der Waals surface area contributed by atoms with E-state index in [0.717, 1.165) is 0 Å². The Morgan fingerprint density at radius 2 is 1.73 bits per heavy atom. The number of rotatable bonds is 11. The lowest BCUT2D eigenvalue weighted by Gasteiger charge is -2.15. The van der Waals surface area contributed by atoms with Crippen LogP contribution in [0.2, 0.25) is 10.0 Å². The van der Waals surface area contributed by atoms with E-state index < -0.39 is 5.82 Å². The number of carbonyl (C=O) groups excluding carboxylic acids is 2. The van der Waals surface area contributed by atoms with Crippen molar-refractivity contribution >= 4 is 46.9 Å². The van der Waals surface area contributed by atoms with Crippen molar-refractivity contribution in [3.63, 3.8) is 0 Å². The third-order valence-corrected chi connectivity index (χ3v) is 6.80. The van der Waals surface area contributed by atoms with Crippen molar-refractivity contribution in [1.29, 1.82) is 0 Å². The minimum absolute atomic E-state index is 0.0200. The topological polar surface area (TPSA) is 105 Å². The summed E-state index contributed by atoms with van der Waals surface area (Å²) in [5.74, 6) is -0.431. The number of carbonyl (C=O) groups is 2. The smallest absolute Gasteiger partial charge is 0.224 e. The zero-order valence-electron chi connectivity index (χ0n) is 21.7. The van der Waals surface area contributed by atoms with E-state index in [9.17, 15) is 9.59 Å². The van der Waals surface area contributed by atoms with Gasteiger partial charge in [0.25, 0.3) is 0 Å². The fourth-order valence-corrected chi connectivity index (χ4v) is 4.61. The van der Waals surface area contributed by atoms with Gasteiger partial charge in [0.1, 0.15) is 0 Å². The van der Waals surface area contributed by atoms with E-state index >= 15 is 4.39 Å². The molecule has 0 fully saturated rings. The molecule has 2 aromatic heterocycles. The Hall–Kier alpha value is -4.05. The normalized spacial score (nSPS) is 10.7. The standard InChI is InChI=1S/C29H26Cl2FN5O3/c1-17(39)34-14-13-33-15-18-11-12-35-28(27(18)32)36-24-8-4-6-21(26(24)31)20-5-3-7-22(25(20)30)23-10-9-19(16-38)29(37-23)40-2/h3-12,16,33H,13-15H2,1-2H3,(H,34,39)(H,35,36). The second kappa shape index (κ2) is 13.3. The van der Waals surface area contributed by atoms with Crippen molar-refractivity contribution in [1.82, 2.24) is 20.6 Å². The quantitative estimate of drug-likeness (QED) is 0.146. The van der Waals surface area contributed by atoms with Gasteiger partial charge in [0.15, 0.2) is 17.9 Å². The van der Waals surface area contributed by atoms with Gasteiger partial charge in [-0.1, -0.05) is 53.5 Å². The first-order valence-electron chi connectivity index (χ1n) is 12.3. The second-order valence-corrected chi connectivity index (χ2v) is 9.42. The first-order chi connectivity index (χ1) is 19.3. The number of nitrogens with zero attached hydrogens (tertiary/aromatic N) is 2. The molecule has 0 radical (unpaired) electrons. The molecular formula is C29H26Cl2FN5O3. The lowest BCUT2D eigenvalue weighted by Crippen LogP contribution is -2.30. The molecule has 0 aliphatic carbocycles. The largest absolute Gasteiger partial charge is 0.480 e. The molecule has 2 aromatic carbocycles. The van der Waals surface area contributed by atoms with Gasteiger partial charge in [0.2, 0.25) is 11.8 Å². The Bertz CT molecular complexity index is 1550. The molecule has 4 rings (SSSR count). The highest BCUT2D eigenvalue weighted by atomic mass is 35.5. The Morgan fingerprint density at radius 3 is 2.45 bits per heavy atom. The number of hydrogen-bond acceptors (Lipinski definition) is 7. The number of benzene rings is 2. The number of pyridine rings is 2. The van der Waals surface area contributed by atoms with Gasteiger partial charge in [0.05, 0.1) is 34.1 Å². The van der Waals surface area contributed by atoms with E-state index in [2.05, 4.69) is 25.9 Å². The lowest BCUT2D eigenvalue weighted by atomic mass is 10.00. The number of amides is 1. The molecule has 4 aromatic rings. The van der Waals surface area contributed by atoms with Crippen LogP contribution in [0.25, 0.3) is 22.4 Å². The minimum Gasteiger partial charge on any atom is -0.480 e. The van der Waals surface area contributed by atoms with Crippen LogP contribution in [0.3, 0.4) is 0 Å². The van der Waals surface area contributed by atoms with E-state index in [1.54, 1.807) is 42.5 Å². The molecule has 0 spiro atoms. The first-order valence-corrected chi connectivity index (χ1v) is 13.0. The van der Waals surface area contributed by atoms with Crippen LogP contribution in [-0.4, -0.2) is 42.4 Å². The summed E-state index contributed by atoms with van der Waals surface area (Å²) in [6.45, 7) is 2.62. The summed E-state index contributed by atoms with van der Waals surface area (Å²) in [5, 5.41) is 9.48. The van der Waals surface area contributed by atoms with E-state index in [-0.39, 0.29) is 24.1 Å². The lowest BCUT2D eigenvalue weighted by molar-refractivity contribution is -0.118. The monoisotopic (exact) mass is 581 g/mol. The molecule has 0 saturated heterocycles. The van der Waals surface area contributed by atoms with Crippen molar-refractivity contribution in [3.05, 3.63) is 87.8 Å². The summed E-state index contributed by atoms with van der Waals surface area (Å²) in [6, 6.07) is 15.6. The van der Waals surface area contributed by atoms with Crippen molar-refractivity contribution in [2.24, 2.45) is 0 Å². The van der Waals surface area contributed by atoms with Crippen molar-refractivity contribution in [2.75, 3.05) is 25.5 Å². The Morgan fingerprint density at radius 1 is 1.00 bits per heavy atom. The number of ether oxygens (including phenoxy) is 1. The van der Waals surface area contributed by atoms with Crippen LogP contribution in [0.5, 0.6) is 5.88 Å². The molecule has 3 N–H and O–H groups in total. The Kier molecular flexibility index (Phi) is 9.65. The zero-order chi connectivity index (χ0) is 28.6. The van der Waals surface area contributed by atoms with Crippen LogP contribution in [-0.2, 0) is 11.3 Å². The van der Waals surface area contributed by atoms with E-state index in [1.807, 2.05) is 12.1 Å². The number of anilines is 2. The average Bonchev–Trinajstić information content (AvgIpc) is 2.95. The SMILES string of the molecule is COc1nc(-c2cccc(-c3cccc(Nc4nccc(CNCCNC(C)=O)c4F)c3Cl)c2Cl)ccc1C=O. The van der Waals surface area contributed by atoms with Gasteiger partial charge in [-0.05, 0) is 24.3 Å². The molecule has 206 valence electrons. The number of hydrogen-bond donors (Lipinski definition) is 3. The molecule has 2 heterocycles. The van der Waals surface area contributed by atoms with E-state index in [1.165, 1.54) is 20.2 Å². The number of methoxy groups -OCH3 is 1. The van der Waals surface area contributed by atoms with E-state index in [4.69, 9.17) is 27.9 Å². The van der Waals surface area contributed by atoms with E-state index in [0.29, 0.717) is 68.6 Å². The Labute approximate surface area is 240 Å². The zero-order valence-corrected chi connectivity index (χ0v) is 23.2. The molecule has 11 heteroatoms. The fraction of sp³-hybridized carbons (Fsp3) is 0.172. The fourth-order valence-electron chi connectivity index (χ4n) is 4.01. The van der Waals surface area contributed by atoms with Crippen LogP contribution in [0, 0.1) is 5.82 Å². The van der Waals surface area contributed by atoms with Crippen molar-refractivity contribution in [2.45, 2.75) is 13.5 Å². The average molecular weight is 582 g/mol. The second-order valence-electron chi connectivity index (χ2n) is 8.66. The molecule has 1 amide bonds. The predicted molar refractivity (Wildman–Crippen MR) is 155 cm³/mol. The maximum absolute atomic E-state index is 15.2. The molecule has 0 unspecified atom stereocenters. The van der Waals surface area contributed by atoms with Crippen molar-refractivity contribution < 1.29 is 18.7 Å². The molecule has 0 aliphatic rings. The molecule has 0 bridgehead atoms. The van der Waals surface area contributed by atoms with Gasteiger partial charge < -0.3 is 20.7 Å². The summed E-state index contributed by atoms with van der Waals surface area (Å²) in [6.07, 6.45) is 2.18. The molecule has 8 nitrogen and oxygen atoms in total. The summed E-state index contributed by atoms with van der Waals surface area (Å²) in [4.78, 5) is 30.8. The van der Waals surface area contributed by atoms with Crippen molar-refractivity contribution in [3.8, 4) is 28.3 Å². The highest BCUT2D eigenvalue weighted by Gasteiger charge is 2.18. The third-order valence-electron chi connectivity index (χ3n) is 5.99. The number of aromatic nitrogens is 2. The maximum Gasteiger partial charge on any atom is 0.224 e. The highest BCUT2D eigenvalue weighted by molar-refractivity contribution is 6.39. The summed E-state index contributed by atoms with van der Waals surface area (Å²) in [5.41, 5.74) is 3.57. The first kappa shape index (κ1) is 28.9. The van der Waals surface area contributed by atoms with Crippen LogP contribution in [0.4, 0.5) is 15.9 Å². The van der Waals surface area contributed by atoms with Gasteiger partial charge in [-0.25, -0.2) is 14.4 Å². The summed E-state index contributed by atoms with van der Waals surface area (Å²) >= 11 is 13.6. The Balaban J connectivity index is 1.60. The number of nitrogens with one attached hydrogen (secondary N) is 3. The predicted octanol–water partition coefficient (Wildman–Crippen LogP) is 6.05. The van der Waals surface area contributed by atoms with Crippen LogP contribution < -0.4 is 20.7 Å². The molecule has 0 aliphatic heterocycles. The van der Waals surface area contributed by atoms with Crippen LogP contribution in [0.15, 0.2) is 60.8 Å². The maximum atomic E-state index is 15.2. The molecule has 0 atom stereocenters. The number of aldehydes is 1. The minimum atomic E-state index is -0.519.